The molecule has 0 radical (unpaired) electrons. The first-order chi connectivity index (χ1) is 5.95. The van der Waals surface area contributed by atoms with Crippen molar-refractivity contribution in [3.05, 3.63) is 35.3 Å². The maximum Gasteiger partial charge on any atom is 0.262 e. The van der Waals surface area contributed by atoms with Gasteiger partial charge in [-0.15, -0.1) is 0 Å². The lowest BCUT2D eigenvalue weighted by Crippen LogP contribution is -3.00. The number of para-hydroxylation sites is 1. The number of hydrogen-bond acceptors (Lipinski definition) is 1. The molecule has 0 unspecified atom stereocenters. The van der Waals surface area contributed by atoms with Crippen molar-refractivity contribution >= 4 is 27.6 Å². The third-order valence-electron chi connectivity index (χ3n) is 2.19. The van der Waals surface area contributed by atoms with Crippen LogP contribution in [0.3, 0.4) is 0 Å². The summed E-state index contributed by atoms with van der Waals surface area (Å²) in [5.41, 5.74) is 1.36. The summed E-state index contributed by atoms with van der Waals surface area (Å²) >= 11 is 1.86. The first kappa shape index (κ1) is 8.91. The normalized spacial score (nSPS) is 12.9. The predicted molar refractivity (Wildman–Crippen MR) is 51.1 cm³/mol. The maximum absolute atomic E-state index is 2.35. The monoisotopic (exact) mass is 253 g/mol. The molecule has 3 rings (SSSR count). The van der Waals surface area contributed by atoms with E-state index in [4.69, 9.17) is 0 Å². The summed E-state index contributed by atoms with van der Waals surface area (Å²) in [4.78, 5) is 0. The molecule has 2 aromatic rings. The second kappa shape index (κ2) is 3.24. The average Bonchev–Trinajstić information content (AvgIpc) is 2.62. The van der Waals surface area contributed by atoms with Crippen LogP contribution in [-0.2, 0) is 6.54 Å². The minimum atomic E-state index is 0. The minimum Gasteiger partial charge on any atom is -1.00 e. The van der Waals surface area contributed by atoms with Gasteiger partial charge in [-0.25, -0.2) is 0 Å². The van der Waals surface area contributed by atoms with Gasteiger partial charge in [0.15, 0.2) is 6.54 Å². The topological polar surface area (TPSA) is 3.88 Å². The summed E-state index contributed by atoms with van der Waals surface area (Å²) in [5, 5.41) is 1.37. The number of thiazole rings is 1. The fourth-order valence-electron chi connectivity index (χ4n) is 1.62. The van der Waals surface area contributed by atoms with E-state index in [1.54, 1.807) is 0 Å². The van der Waals surface area contributed by atoms with Gasteiger partial charge in [0.25, 0.3) is 5.01 Å². The van der Waals surface area contributed by atoms with Crippen LogP contribution in [0.4, 0.5) is 0 Å². The molecule has 1 aromatic heterocycles. The van der Waals surface area contributed by atoms with Crippen molar-refractivity contribution in [1.82, 2.24) is 0 Å². The number of fused-ring (bicyclic) bond motifs is 3. The maximum atomic E-state index is 2.35. The van der Waals surface area contributed by atoms with Gasteiger partial charge in [0, 0.05) is 12.1 Å². The van der Waals surface area contributed by atoms with E-state index in [9.17, 15) is 0 Å². The van der Waals surface area contributed by atoms with Gasteiger partial charge in [-0.3, -0.25) is 0 Å². The van der Waals surface area contributed by atoms with Crippen molar-refractivity contribution in [3.63, 3.8) is 0 Å². The Labute approximate surface area is 91.1 Å². The van der Waals surface area contributed by atoms with E-state index in [1.807, 2.05) is 11.3 Å². The summed E-state index contributed by atoms with van der Waals surface area (Å²) in [6, 6.07) is 8.56. The molecule has 0 saturated heterocycles. The van der Waals surface area contributed by atoms with E-state index < -0.39 is 0 Å². The summed E-state index contributed by atoms with van der Waals surface area (Å²) in [6.07, 6.45) is 4.41. The SMILES string of the molecule is C1=Cc2sc3ccccc3[n+]2C1.[Br-]. The van der Waals surface area contributed by atoms with Crippen LogP contribution >= 0.6 is 11.3 Å². The molecule has 1 aromatic carbocycles. The Bertz CT molecular complexity index is 473. The zero-order valence-corrected chi connectivity index (χ0v) is 9.31. The highest BCUT2D eigenvalue weighted by Crippen LogP contribution is 2.22. The molecule has 13 heavy (non-hydrogen) atoms. The quantitative estimate of drug-likeness (QED) is 0.543. The first-order valence-corrected chi connectivity index (χ1v) is 4.85. The number of aromatic nitrogens is 1. The van der Waals surface area contributed by atoms with Crippen LogP contribution in [0.1, 0.15) is 5.01 Å². The number of allylic oxidation sites excluding steroid dienone is 1. The Morgan fingerprint density at radius 2 is 2.08 bits per heavy atom. The van der Waals surface area contributed by atoms with Gasteiger partial charge in [0.2, 0.25) is 5.52 Å². The summed E-state index contributed by atoms with van der Waals surface area (Å²) in [6.45, 7) is 1.04. The van der Waals surface area contributed by atoms with E-state index in [1.165, 1.54) is 15.2 Å². The summed E-state index contributed by atoms with van der Waals surface area (Å²) in [7, 11) is 0. The van der Waals surface area contributed by atoms with E-state index in [0.717, 1.165) is 6.54 Å². The molecule has 0 saturated carbocycles. The zero-order valence-electron chi connectivity index (χ0n) is 6.90. The van der Waals surface area contributed by atoms with Crippen LogP contribution in [0.5, 0.6) is 0 Å². The van der Waals surface area contributed by atoms with Crippen LogP contribution in [0.2, 0.25) is 0 Å². The van der Waals surface area contributed by atoms with Crippen molar-refractivity contribution in [2.45, 2.75) is 6.54 Å². The molecule has 3 heteroatoms. The van der Waals surface area contributed by atoms with Crippen molar-refractivity contribution in [2.24, 2.45) is 0 Å². The van der Waals surface area contributed by atoms with E-state index in [2.05, 4.69) is 41.0 Å². The number of benzene rings is 1. The van der Waals surface area contributed by atoms with Gasteiger partial charge >= 0.3 is 0 Å². The van der Waals surface area contributed by atoms with Crippen LogP contribution in [0, 0.1) is 0 Å². The zero-order chi connectivity index (χ0) is 7.97. The lowest BCUT2D eigenvalue weighted by Gasteiger charge is -1.85. The number of rotatable bonds is 0. The van der Waals surface area contributed by atoms with Gasteiger partial charge in [0.05, 0.1) is 0 Å². The van der Waals surface area contributed by atoms with Gasteiger partial charge in [0.1, 0.15) is 4.70 Å². The fraction of sp³-hybridized carbons (Fsp3) is 0.100. The molecule has 1 nitrogen and oxygen atoms in total. The Hall–Kier alpha value is -0.670. The van der Waals surface area contributed by atoms with E-state index in [0.29, 0.717) is 0 Å². The minimum absolute atomic E-state index is 0. The molecule has 1 aliphatic rings. The smallest absolute Gasteiger partial charge is 0.262 e. The van der Waals surface area contributed by atoms with Crippen molar-refractivity contribution < 1.29 is 21.5 Å². The van der Waals surface area contributed by atoms with Gasteiger partial charge in [-0.2, -0.15) is 4.57 Å². The van der Waals surface area contributed by atoms with E-state index in [-0.39, 0.29) is 17.0 Å². The predicted octanol–water partition coefficient (Wildman–Crippen LogP) is -0.780. The van der Waals surface area contributed by atoms with Crippen molar-refractivity contribution in [2.75, 3.05) is 0 Å². The standard InChI is InChI=1S/C10H8NS.BrH/c1-2-5-9-8(4-1)11-7-3-6-10(11)12-9;/h1-6H,7H2;1H/q+1;/p-1. The summed E-state index contributed by atoms with van der Waals surface area (Å²) < 4.78 is 3.73. The molecule has 0 fully saturated rings. The first-order valence-electron chi connectivity index (χ1n) is 4.03. The number of halogens is 1. The number of nitrogens with zero attached hydrogens (tertiary/aromatic N) is 1. The van der Waals surface area contributed by atoms with Gasteiger partial charge in [-0.05, 0) is 12.1 Å². The highest BCUT2D eigenvalue weighted by Gasteiger charge is 2.20. The largest absolute Gasteiger partial charge is 1.00 e. The molecule has 0 aliphatic carbocycles. The highest BCUT2D eigenvalue weighted by atomic mass is 79.9. The number of hydrogen-bond donors (Lipinski definition) is 0. The molecule has 0 spiro atoms. The van der Waals surface area contributed by atoms with Crippen molar-refractivity contribution in [1.29, 1.82) is 0 Å². The molecule has 0 amide bonds. The molecule has 2 heterocycles. The average molecular weight is 254 g/mol. The summed E-state index contributed by atoms with van der Waals surface area (Å²) in [5.74, 6) is 0. The van der Waals surface area contributed by atoms with Crippen LogP contribution < -0.4 is 21.5 Å². The Balaban J connectivity index is 0.000000653. The Morgan fingerprint density at radius 3 is 3.00 bits per heavy atom. The highest BCUT2D eigenvalue weighted by molar-refractivity contribution is 7.18. The lowest BCUT2D eigenvalue weighted by atomic mass is 10.3. The van der Waals surface area contributed by atoms with Crippen molar-refractivity contribution in [3.8, 4) is 0 Å². The third-order valence-corrected chi connectivity index (χ3v) is 3.32. The van der Waals surface area contributed by atoms with Gasteiger partial charge in [-0.1, -0.05) is 23.5 Å². The van der Waals surface area contributed by atoms with E-state index >= 15 is 0 Å². The molecular weight excluding hydrogens is 246 g/mol. The Morgan fingerprint density at radius 1 is 1.23 bits per heavy atom. The molecule has 0 bridgehead atoms. The van der Waals surface area contributed by atoms with Crippen LogP contribution in [0.25, 0.3) is 16.3 Å². The third kappa shape index (κ3) is 1.23. The molecule has 66 valence electrons. The van der Waals surface area contributed by atoms with Crippen LogP contribution in [0.15, 0.2) is 30.3 Å². The molecule has 0 atom stereocenters. The fourth-order valence-corrected chi connectivity index (χ4v) is 2.73. The molecule has 0 N–H and O–H groups in total. The van der Waals surface area contributed by atoms with Gasteiger partial charge < -0.3 is 17.0 Å². The second-order valence-corrected chi connectivity index (χ2v) is 3.98. The second-order valence-electron chi connectivity index (χ2n) is 2.92. The molecule has 1 aliphatic heterocycles. The van der Waals surface area contributed by atoms with Crippen LogP contribution in [-0.4, -0.2) is 0 Å². The lowest BCUT2D eigenvalue weighted by molar-refractivity contribution is -0.654. The molecular formula is C10H8BrNS. The Kier molecular flexibility index (Phi) is 2.22.